The van der Waals surface area contributed by atoms with Gasteiger partial charge in [-0.05, 0) is 45.9 Å². The Morgan fingerprint density at radius 1 is 1.32 bits per heavy atom. The van der Waals surface area contributed by atoms with Gasteiger partial charge in [0, 0.05) is 29.7 Å². The van der Waals surface area contributed by atoms with Crippen molar-refractivity contribution >= 4 is 39.0 Å². The smallest absolute Gasteiger partial charge is 0.252 e. The molecule has 128 valence electrons. The van der Waals surface area contributed by atoms with Crippen molar-refractivity contribution < 1.29 is 4.79 Å². The maximum Gasteiger partial charge on any atom is 0.252 e. The molecule has 0 spiro atoms. The zero-order chi connectivity index (χ0) is 17.2. The van der Waals surface area contributed by atoms with E-state index in [1.807, 2.05) is 30.3 Å². The van der Waals surface area contributed by atoms with Gasteiger partial charge in [0.05, 0.1) is 16.1 Å². The summed E-state index contributed by atoms with van der Waals surface area (Å²) in [5, 5.41) is 12.7. The van der Waals surface area contributed by atoms with Gasteiger partial charge in [-0.1, -0.05) is 18.2 Å². The zero-order valence-electron chi connectivity index (χ0n) is 13.4. The fourth-order valence-corrected chi connectivity index (χ4v) is 4.18. The topological polar surface area (TPSA) is 61.0 Å². The number of anilines is 1. The van der Waals surface area contributed by atoms with E-state index in [2.05, 4.69) is 53.9 Å². The summed E-state index contributed by atoms with van der Waals surface area (Å²) in [6, 6.07) is 13.8. The molecule has 25 heavy (non-hydrogen) atoms. The van der Waals surface area contributed by atoms with E-state index in [4.69, 9.17) is 0 Å². The Balaban J connectivity index is 1.40. The lowest BCUT2D eigenvalue weighted by atomic mass is 10.2. The normalized spacial score (nSPS) is 17.0. The fourth-order valence-electron chi connectivity index (χ4n) is 3.03. The predicted molar refractivity (Wildman–Crippen MR) is 104 cm³/mol. The van der Waals surface area contributed by atoms with Gasteiger partial charge in [-0.2, -0.15) is 5.10 Å². The van der Waals surface area contributed by atoms with E-state index >= 15 is 0 Å². The third-order valence-electron chi connectivity index (χ3n) is 4.32. The van der Waals surface area contributed by atoms with E-state index in [0.717, 1.165) is 35.5 Å². The van der Waals surface area contributed by atoms with Crippen LogP contribution < -0.4 is 10.2 Å². The van der Waals surface area contributed by atoms with Gasteiger partial charge >= 0.3 is 0 Å². The van der Waals surface area contributed by atoms with Crippen LogP contribution in [0, 0.1) is 0 Å². The summed E-state index contributed by atoms with van der Waals surface area (Å²) < 4.78 is 0.815. The van der Waals surface area contributed by atoms with Gasteiger partial charge in [0.1, 0.15) is 0 Å². The molecule has 2 N–H and O–H groups in total. The lowest BCUT2D eigenvalue weighted by molar-refractivity contribution is 0.0939. The molecule has 0 radical (unpaired) electrons. The van der Waals surface area contributed by atoms with E-state index in [0.29, 0.717) is 5.56 Å². The number of halogens is 1. The van der Waals surface area contributed by atoms with E-state index in [1.165, 1.54) is 4.88 Å². The molecule has 1 fully saturated rings. The van der Waals surface area contributed by atoms with Crippen LogP contribution in [-0.2, 0) is 0 Å². The van der Waals surface area contributed by atoms with Crippen LogP contribution in [0.3, 0.4) is 0 Å². The SMILES string of the molecule is O=C(N[C@H]1CCN(c2cc(-c3cccs3)[nH]n2)C1)c1ccccc1Br. The lowest BCUT2D eigenvalue weighted by Crippen LogP contribution is -2.37. The molecular formula is C18H17BrN4OS. The Morgan fingerprint density at radius 2 is 2.20 bits per heavy atom. The molecule has 0 unspecified atom stereocenters. The molecule has 2 aromatic heterocycles. The molecule has 1 amide bonds. The third kappa shape index (κ3) is 3.48. The van der Waals surface area contributed by atoms with Crippen molar-refractivity contribution in [2.45, 2.75) is 12.5 Å². The number of carbonyl (C=O) groups excluding carboxylic acids is 1. The predicted octanol–water partition coefficient (Wildman–Crippen LogP) is 3.91. The molecule has 7 heteroatoms. The van der Waals surface area contributed by atoms with Crippen molar-refractivity contribution in [3.05, 3.63) is 57.9 Å². The van der Waals surface area contributed by atoms with E-state index < -0.39 is 0 Å². The summed E-state index contributed by atoms with van der Waals surface area (Å²) in [5.41, 5.74) is 1.70. The van der Waals surface area contributed by atoms with Gasteiger partial charge in [-0.25, -0.2) is 0 Å². The van der Waals surface area contributed by atoms with E-state index in [-0.39, 0.29) is 11.9 Å². The number of nitrogens with zero attached hydrogens (tertiary/aromatic N) is 2. The first-order chi connectivity index (χ1) is 12.2. The van der Waals surface area contributed by atoms with Crippen molar-refractivity contribution in [3.8, 4) is 10.6 Å². The van der Waals surface area contributed by atoms with Crippen LogP contribution in [0.4, 0.5) is 5.82 Å². The molecule has 1 aliphatic heterocycles. The Bertz CT molecular complexity index is 877. The maximum atomic E-state index is 12.4. The number of hydrogen-bond acceptors (Lipinski definition) is 4. The second-order valence-corrected chi connectivity index (χ2v) is 7.80. The third-order valence-corrected chi connectivity index (χ3v) is 5.91. The molecular weight excluding hydrogens is 400 g/mol. The zero-order valence-corrected chi connectivity index (χ0v) is 15.8. The Labute approximate surface area is 158 Å². The molecule has 0 aliphatic carbocycles. The fraction of sp³-hybridized carbons (Fsp3) is 0.222. The lowest BCUT2D eigenvalue weighted by Gasteiger charge is -2.16. The summed E-state index contributed by atoms with van der Waals surface area (Å²) in [7, 11) is 0. The average molecular weight is 417 g/mol. The molecule has 1 saturated heterocycles. The number of amides is 1. The van der Waals surface area contributed by atoms with Gasteiger partial charge in [0.15, 0.2) is 5.82 Å². The van der Waals surface area contributed by atoms with E-state index in [9.17, 15) is 4.79 Å². The molecule has 1 atom stereocenters. The van der Waals surface area contributed by atoms with Crippen molar-refractivity contribution in [1.29, 1.82) is 0 Å². The molecule has 3 aromatic rings. The van der Waals surface area contributed by atoms with Gasteiger partial charge < -0.3 is 10.2 Å². The van der Waals surface area contributed by atoms with Crippen LogP contribution in [0.15, 0.2) is 52.3 Å². The van der Waals surface area contributed by atoms with Crippen molar-refractivity contribution in [2.24, 2.45) is 0 Å². The van der Waals surface area contributed by atoms with Crippen LogP contribution in [0.25, 0.3) is 10.6 Å². The highest BCUT2D eigenvalue weighted by Gasteiger charge is 2.26. The summed E-state index contributed by atoms with van der Waals surface area (Å²) >= 11 is 5.12. The highest BCUT2D eigenvalue weighted by atomic mass is 79.9. The van der Waals surface area contributed by atoms with Gasteiger partial charge in [0.2, 0.25) is 0 Å². The van der Waals surface area contributed by atoms with Crippen LogP contribution >= 0.6 is 27.3 Å². The van der Waals surface area contributed by atoms with Crippen molar-refractivity contribution in [2.75, 3.05) is 18.0 Å². The largest absolute Gasteiger partial charge is 0.353 e. The second kappa shape index (κ2) is 7.01. The van der Waals surface area contributed by atoms with Gasteiger partial charge in [0.25, 0.3) is 5.91 Å². The van der Waals surface area contributed by atoms with Crippen LogP contribution in [0.1, 0.15) is 16.8 Å². The summed E-state index contributed by atoms with van der Waals surface area (Å²) in [6.07, 6.45) is 0.914. The minimum Gasteiger partial charge on any atom is -0.353 e. The minimum atomic E-state index is -0.0411. The van der Waals surface area contributed by atoms with Gasteiger partial charge in [-0.15, -0.1) is 11.3 Å². The number of aromatic nitrogens is 2. The summed E-state index contributed by atoms with van der Waals surface area (Å²) in [4.78, 5) is 15.8. The highest BCUT2D eigenvalue weighted by Crippen LogP contribution is 2.27. The molecule has 0 saturated carbocycles. The number of hydrogen-bond donors (Lipinski definition) is 2. The number of aromatic amines is 1. The highest BCUT2D eigenvalue weighted by molar-refractivity contribution is 9.10. The van der Waals surface area contributed by atoms with Crippen molar-refractivity contribution in [3.63, 3.8) is 0 Å². The molecule has 5 nitrogen and oxygen atoms in total. The number of rotatable bonds is 4. The number of thiophene rings is 1. The summed E-state index contributed by atoms with van der Waals surface area (Å²) in [6.45, 7) is 1.65. The number of benzene rings is 1. The molecule has 0 bridgehead atoms. The molecule has 1 aromatic carbocycles. The first kappa shape index (κ1) is 16.4. The van der Waals surface area contributed by atoms with Crippen LogP contribution in [-0.4, -0.2) is 35.2 Å². The Kier molecular flexibility index (Phi) is 4.59. The quantitative estimate of drug-likeness (QED) is 0.677. The standard InChI is InChI=1S/C18H17BrN4OS/c19-14-5-2-1-4-13(14)18(24)20-12-7-8-23(11-12)17-10-15(21-22-17)16-6-3-9-25-16/h1-6,9-10,12H,7-8,11H2,(H,20,24)(H,21,22)/t12-/m0/s1. The Morgan fingerprint density at radius 3 is 3.00 bits per heavy atom. The first-order valence-electron chi connectivity index (χ1n) is 8.10. The number of nitrogens with one attached hydrogen (secondary N) is 2. The van der Waals surface area contributed by atoms with Crippen LogP contribution in [0.5, 0.6) is 0 Å². The molecule has 4 rings (SSSR count). The number of carbonyl (C=O) groups is 1. The maximum absolute atomic E-state index is 12.4. The molecule has 3 heterocycles. The Hall–Kier alpha value is -2.12. The average Bonchev–Trinajstić information content (AvgIpc) is 3.35. The second-order valence-electron chi connectivity index (χ2n) is 6.00. The monoisotopic (exact) mass is 416 g/mol. The number of H-pyrrole nitrogens is 1. The minimum absolute atomic E-state index is 0.0411. The van der Waals surface area contributed by atoms with Crippen LogP contribution in [0.2, 0.25) is 0 Å². The first-order valence-corrected chi connectivity index (χ1v) is 9.77. The van der Waals surface area contributed by atoms with E-state index in [1.54, 1.807) is 11.3 Å². The van der Waals surface area contributed by atoms with Crippen molar-refractivity contribution in [1.82, 2.24) is 15.5 Å². The van der Waals surface area contributed by atoms with Gasteiger partial charge in [-0.3, -0.25) is 9.89 Å². The summed E-state index contributed by atoms with van der Waals surface area (Å²) in [5.74, 6) is 0.890. The molecule has 1 aliphatic rings.